The molecule has 0 radical (unpaired) electrons. The second-order valence-electron chi connectivity index (χ2n) is 4.97. The lowest BCUT2D eigenvalue weighted by Gasteiger charge is -2.17. The summed E-state index contributed by atoms with van der Waals surface area (Å²) >= 11 is 0. The van der Waals surface area contributed by atoms with Crippen LogP contribution in [0, 0.1) is 0 Å². The Labute approximate surface area is 120 Å². The first-order valence-corrected chi connectivity index (χ1v) is 8.58. The molecule has 20 heavy (non-hydrogen) atoms. The Bertz CT molecular complexity index is 584. The van der Waals surface area contributed by atoms with Crippen molar-refractivity contribution in [2.45, 2.75) is 32.6 Å². The molecule has 1 saturated heterocycles. The fourth-order valence-corrected chi connectivity index (χ4v) is 3.48. The molecule has 5 nitrogen and oxygen atoms in total. The summed E-state index contributed by atoms with van der Waals surface area (Å²) in [6.45, 7) is 2.65. The molecule has 0 bridgehead atoms. The number of sulfonamides is 1. The molecule has 0 saturated carbocycles. The summed E-state index contributed by atoms with van der Waals surface area (Å²) < 4.78 is 26.3. The molecule has 1 fully saturated rings. The molecule has 0 unspecified atom stereocenters. The molecule has 1 aliphatic rings. The van der Waals surface area contributed by atoms with E-state index in [0.717, 1.165) is 18.5 Å². The molecular weight excluding hydrogens is 276 g/mol. The molecule has 1 aromatic rings. The average Bonchev–Trinajstić information content (AvgIpc) is 2.82. The molecule has 1 heterocycles. The summed E-state index contributed by atoms with van der Waals surface area (Å²) in [4.78, 5) is 13.4. The van der Waals surface area contributed by atoms with Crippen LogP contribution in [0.1, 0.15) is 32.6 Å². The maximum atomic E-state index is 11.9. The van der Waals surface area contributed by atoms with Crippen molar-refractivity contribution in [3.8, 4) is 0 Å². The van der Waals surface area contributed by atoms with Crippen molar-refractivity contribution < 1.29 is 13.2 Å². The van der Waals surface area contributed by atoms with Crippen molar-refractivity contribution in [3.63, 3.8) is 0 Å². The largest absolute Gasteiger partial charge is 0.312 e. The van der Waals surface area contributed by atoms with Crippen LogP contribution in [0.2, 0.25) is 0 Å². The van der Waals surface area contributed by atoms with E-state index in [0.29, 0.717) is 25.1 Å². The molecule has 2 rings (SSSR count). The maximum absolute atomic E-state index is 11.9. The Hall–Kier alpha value is -1.56. The summed E-state index contributed by atoms with van der Waals surface area (Å²) in [5, 5.41) is 0. The smallest absolute Gasteiger partial charge is 0.232 e. The number of nitrogens with zero attached hydrogens (tertiary/aromatic N) is 1. The number of nitrogens with one attached hydrogen (secondary N) is 1. The van der Waals surface area contributed by atoms with Crippen LogP contribution in [0.15, 0.2) is 24.3 Å². The van der Waals surface area contributed by atoms with E-state index >= 15 is 0 Å². The van der Waals surface area contributed by atoms with Gasteiger partial charge in [-0.1, -0.05) is 19.4 Å². The van der Waals surface area contributed by atoms with Gasteiger partial charge in [-0.05, 0) is 31.0 Å². The fourth-order valence-electron chi connectivity index (χ4n) is 2.22. The lowest BCUT2D eigenvalue weighted by molar-refractivity contribution is -0.117. The minimum Gasteiger partial charge on any atom is -0.312 e. The molecule has 6 heteroatoms. The van der Waals surface area contributed by atoms with E-state index in [-0.39, 0.29) is 11.7 Å². The Morgan fingerprint density at radius 3 is 2.80 bits per heavy atom. The third kappa shape index (κ3) is 3.72. The molecule has 0 aliphatic carbocycles. The van der Waals surface area contributed by atoms with Gasteiger partial charge in [0.1, 0.15) is 0 Å². The van der Waals surface area contributed by atoms with Gasteiger partial charge in [0.2, 0.25) is 15.9 Å². The first-order valence-electron chi connectivity index (χ1n) is 6.93. The van der Waals surface area contributed by atoms with Crippen molar-refractivity contribution in [2.24, 2.45) is 0 Å². The van der Waals surface area contributed by atoms with Crippen molar-refractivity contribution in [2.75, 3.05) is 21.9 Å². The van der Waals surface area contributed by atoms with Gasteiger partial charge in [-0.25, -0.2) is 8.42 Å². The predicted molar refractivity (Wildman–Crippen MR) is 80.3 cm³/mol. The number of anilines is 2. The summed E-state index contributed by atoms with van der Waals surface area (Å²) in [5.41, 5.74) is 1.27. The summed E-state index contributed by atoms with van der Waals surface area (Å²) in [6, 6.07) is 7.01. The molecule has 0 aromatic heterocycles. The van der Waals surface area contributed by atoms with Crippen LogP contribution in [0.25, 0.3) is 0 Å². The predicted octanol–water partition coefficient (Wildman–Crippen LogP) is 2.36. The number of carbonyl (C=O) groups excluding carboxylic acids is 1. The lowest BCUT2D eigenvalue weighted by atomic mass is 10.2. The Morgan fingerprint density at radius 1 is 1.35 bits per heavy atom. The SMILES string of the molecule is CCCCS(=O)(=O)Nc1cccc(N2CCCC2=O)c1. The average molecular weight is 296 g/mol. The van der Waals surface area contributed by atoms with Gasteiger partial charge in [-0.3, -0.25) is 9.52 Å². The summed E-state index contributed by atoms with van der Waals surface area (Å²) in [7, 11) is -3.30. The zero-order chi connectivity index (χ0) is 14.6. The van der Waals surface area contributed by atoms with Gasteiger partial charge in [-0.15, -0.1) is 0 Å². The van der Waals surface area contributed by atoms with Gasteiger partial charge in [0.25, 0.3) is 0 Å². The highest BCUT2D eigenvalue weighted by Crippen LogP contribution is 2.24. The Morgan fingerprint density at radius 2 is 2.15 bits per heavy atom. The first kappa shape index (κ1) is 14.8. The molecule has 0 spiro atoms. The van der Waals surface area contributed by atoms with Crippen molar-refractivity contribution in [1.82, 2.24) is 0 Å². The molecular formula is C14H20N2O3S. The number of hydrogen-bond acceptors (Lipinski definition) is 3. The number of unbranched alkanes of at least 4 members (excludes halogenated alkanes) is 1. The Kier molecular flexibility index (Phi) is 4.65. The second-order valence-corrected chi connectivity index (χ2v) is 6.82. The highest BCUT2D eigenvalue weighted by molar-refractivity contribution is 7.92. The highest BCUT2D eigenvalue weighted by atomic mass is 32.2. The zero-order valence-corrected chi connectivity index (χ0v) is 12.4. The van der Waals surface area contributed by atoms with E-state index in [1.807, 2.05) is 13.0 Å². The molecule has 1 N–H and O–H groups in total. The number of hydrogen-bond donors (Lipinski definition) is 1. The Balaban J connectivity index is 2.12. The van der Waals surface area contributed by atoms with E-state index in [9.17, 15) is 13.2 Å². The van der Waals surface area contributed by atoms with Crippen molar-refractivity contribution in [3.05, 3.63) is 24.3 Å². The van der Waals surface area contributed by atoms with Crippen molar-refractivity contribution >= 4 is 27.3 Å². The molecule has 1 aliphatic heterocycles. The third-order valence-electron chi connectivity index (χ3n) is 3.27. The van der Waals surface area contributed by atoms with Gasteiger partial charge in [0, 0.05) is 18.7 Å². The number of benzene rings is 1. The van der Waals surface area contributed by atoms with Gasteiger partial charge in [-0.2, -0.15) is 0 Å². The molecule has 110 valence electrons. The number of rotatable bonds is 6. The number of carbonyl (C=O) groups is 1. The first-order chi connectivity index (χ1) is 9.52. The van der Waals surface area contributed by atoms with E-state index in [2.05, 4.69) is 4.72 Å². The molecule has 1 aromatic carbocycles. The van der Waals surface area contributed by atoms with Crippen LogP contribution in [-0.4, -0.2) is 26.6 Å². The number of amides is 1. The van der Waals surface area contributed by atoms with Crippen LogP contribution in [0.3, 0.4) is 0 Å². The lowest BCUT2D eigenvalue weighted by Crippen LogP contribution is -2.24. The monoisotopic (exact) mass is 296 g/mol. The van der Waals surface area contributed by atoms with Crippen LogP contribution in [0.4, 0.5) is 11.4 Å². The highest BCUT2D eigenvalue weighted by Gasteiger charge is 2.22. The third-order valence-corrected chi connectivity index (χ3v) is 4.64. The maximum Gasteiger partial charge on any atom is 0.232 e. The van der Waals surface area contributed by atoms with E-state index in [4.69, 9.17) is 0 Å². The van der Waals surface area contributed by atoms with Gasteiger partial charge >= 0.3 is 0 Å². The zero-order valence-electron chi connectivity index (χ0n) is 11.6. The van der Waals surface area contributed by atoms with Crippen LogP contribution in [-0.2, 0) is 14.8 Å². The topological polar surface area (TPSA) is 66.5 Å². The van der Waals surface area contributed by atoms with Crippen LogP contribution < -0.4 is 9.62 Å². The van der Waals surface area contributed by atoms with E-state index in [1.165, 1.54) is 0 Å². The van der Waals surface area contributed by atoms with Gasteiger partial charge in [0.15, 0.2) is 0 Å². The second kappa shape index (κ2) is 6.26. The van der Waals surface area contributed by atoms with Crippen LogP contribution in [0.5, 0.6) is 0 Å². The minimum absolute atomic E-state index is 0.0935. The van der Waals surface area contributed by atoms with E-state index in [1.54, 1.807) is 23.1 Å². The van der Waals surface area contributed by atoms with E-state index < -0.39 is 10.0 Å². The van der Waals surface area contributed by atoms with Gasteiger partial charge in [0.05, 0.1) is 11.4 Å². The van der Waals surface area contributed by atoms with Crippen LogP contribution >= 0.6 is 0 Å². The normalized spacial score (nSPS) is 15.7. The summed E-state index contributed by atoms with van der Waals surface area (Å²) in [5.74, 6) is 0.215. The summed E-state index contributed by atoms with van der Waals surface area (Å²) in [6.07, 6.45) is 2.89. The van der Waals surface area contributed by atoms with Gasteiger partial charge < -0.3 is 4.90 Å². The van der Waals surface area contributed by atoms with Crippen molar-refractivity contribution in [1.29, 1.82) is 0 Å². The fraction of sp³-hybridized carbons (Fsp3) is 0.500. The molecule has 0 atom stereocenters. The molecule has 1 amide bonds. The quantitative estimate of drug-likeness (QED) is 0.876. The standard InChI is InChI=1S/C14H20N2O3S/c1-2-3-10-20(18,19)15-12-6-4-7-13(11-12)16-9-5-8-14(16)17/h4,6-7,11,15H,2-3,5,8-10H2,1H3. The minimum atomic E-state index is -3.30.